The van der Waals surface area contributed by atoms with Crippen LogP contribution in [0.1, 0.15) is 10.4 Å². The highest BCUT2D eigenvalue weighted by Gasteiger charge is 2.07. The number of nitrogen functional groups attached to an aromatic ring is 1. The van der Waals surface area contributed by atoms with E-state index < -0.39 is 0 Å². The van der Waals surface area contributed by atoms with E-state index in [1.54, 1.807) is 30.3 Å². The van der Waals surface area contributed by atoms with E-state index in [0.717, 1.165) is 0 Å². The molecule has 0 spiro atoms. The molecular formula is C10H9N3O2. The number of benzene rings is 1. The smallest absolute Gasteiger partial charge is 0.258 e. The van der Waals surface area contributed by atoms with E-state index in [1.165, 1.54) is 6.20 Å². The van der Waals surface area contributed by atoms with Gasteiger partial charge < -0.3 is 10.3 Å². The van der Waals surface area contributed by atoms with Gasteiger partial charge in [-0.2, -0.15) is 0 Å². The molecule has 1 aromatic carbocycles. The number of anilines is 2. The second kappa shape index (κ2) is 3.83. The SMILES string of the molecule is Nc1cccc(C(=O)Nc2ccno2)c1. The Bertz CT molecular complexity index is 465. The molecule has 0 aliphatic rings. The first-order valence-corrected chi connectivity index (χ1v) is 4.33. The predicted molar refractivity (Wildman–Crippen MR) is 55.3 cm³/mol. The molecule has 0 bridgehead atoms. The van der Waals surface area contributed by atoms with Crippen molar-refractivity contribution in [3.8, 4) is 0 Å². The Kier molecular flexibility index (Phi) is 2.37. The van der Waals surface area contributed by atoms with E-state index in [4.69, 9.17) is 10.3 Å². The number of nitrogens with zero attached hydrogens (tertiary/aromatic N) is 1. The predicted octanol–water partition coefficient (Wildman–Crippen LogP) is 1.51. The van der Waals surface area contributed by atoms with E-state index in [1.807, 2.05) is 0 Å². The molecule has 5 heteroatoms. The first kappa shape index (κ1) is 9.26. The van der Waals surface area contributed by atoms with Crippen molar-refractivity contribution in [1.82, 2.24) is 5.16 Å². The third kappa shape index (κ3) is 2.14. The molecule has 0 aliphatic carbocycles. The number of nitrogens with one attached hydrogen (secondary N) is 1. The molecule has 76 valence electrons. The van der Waals surface area contributed by atoms with Crippen LogP contribution in [0.15, 0.2) is 41.1 Å². The third-order valence-corrected chi connectivity index (χ3v) is 1.82. The maximum atomic E-state index is 11.6. The lowest BCUT2D eigenvalue weighted by Crippen LogP contribution is -2.11. The fourth-order valence-corrected chi connectivity index (χ4v) is 1.14. The van der Waals surface area contributed by atoms with Gasteiger partial charge in [-0.25, -0.2) is 0 Å². The van der Waals surface area contributed by atoms with Crippen molar-refractivity contribution in [1.29, 1.82) is 0 Å². The van der Waals surface area contributed by atoms with Gasteiger partial charge >= 0.3 is 0 Å². The van der Waals surface area contributed by atoms with Crippen molar-refractivity contribution in [2.45, 2.75) is 0 Å². The highest BCUT2D eigenvalue weighted by molar-refractivity contribution is 6.03. The second-order valence-electron chi connectivity index (χ2n) is 2.96. The van der Waals surface area contributed by atoms with E-state index in [2.05, 4.69) is 10.5 Å². The third-order valence-electron chi connectivity index (χ3n) is 1.82. The van der Waals surface area contributed by atoms with Crippen LogP contribution in [0.3, 0.4) is 0 Å². The van der Waals surface area contributed by atoms with Crippen molar-refractivity contribution in [2.24, 2.45) is 0 Å². The molecule has 0 aliphatic heterocycles. The van der Waals surface area contributed by atoms with Gasteiger partial charge in [0, 0.05) is 17.3 Å². The maximum absolute atomic E-state index is 11.6. The van der Waals surface area contributed by atoms with E-state index in [0.29, 0.717) is 17.1 Å². The minimum atomic E-state index is -0.279. The molecule has 0 unspecified atom stereocenters. The molecule has 15 heavy (non-hydrogen) atoms. The highest BCUT2D eigenvalue weighted by Crippen LogP contribution is 2.10. The number of hydrogen-bond acceptors (Lipinski definition) is 4. The van der Waals surface area contributed by atoms with Gasteiger partial charge in [0.2, 0.25) is 5.88 Å². The molecule has 1 amide bonds. The van der Waals surface area contributed by atoms with E-state index >= 15 is 0 Å². The lowest BCUT2D eigenvalue weighted by Gasteiger charge is -2.01. The highest BCUT2D eigenvalue weighted by atomic mass is 16.5. The maximum Gasteiger partial charge on any atom is 0.258 e. The molecule has 0 atom stereocenters. The number of rotatable bonds is 2. The summed E-state index contributed by atoms with van der Waals surface area (Å²) >= 11 is 0. The molecule has 5 nitrogen and oxygen atoms in total. The van der Waals surface area contributed by atoms with Gasteiger partial charge in [0.15, 0.2) is 0 Å². The van der Waals surface area contributed by atoms with Gasteiger partial charge in [-0.1, -0.05) is 11.2 Å². The molecule has 3 N–H and O–H groups in total. The Balaban J connectivity index is 2.15. The van der Waals surface area contributed by atoms with Crippen molar-refractivity contribution >= 4 is 17.5 Å². The number of amides is 1. The Morgan fingerprint density at radius 2 is 2.27 bits per heavy atom. The van der Waals surface area contributed by atoms with Crippen LogP contribution in [0.2, 0.25) is 0 Å². The van der Waals surface area contributed by atoms with Crippen LogP contribution in [0, 0.1) is 0 Å². The Morgan fingerprint density at radius 1 is 1.40 bits per heavy atom. The van der Waals surface area contributed by atoms with Gasteiger partial charge in [0.1, 0.15) is 0 Å². The molecule has 1 heterocycles. The van der Waals surface area contributed by atoms with Crippen molar-refractivity contribution in [3.63, 3.8) is 0 Å². The van der Waals surface area contributed by atoms with Crippen LogP contribution < -0.4 is 11.1 Å². The monoisotopic (exact) mass is 203 g/mol. The average molecular weight is 203 g/mol. The summed E-state index contributed by atoms with van der Waals surface area (Å²) in [5.41, 5.74) is 6.57. The molecule has 0 fully saturated rings. The molecule has 1 aromatic heterocycles. The van der Waals surface area contributed by atoms with Crippen LogP contribution in [-0.4, -0.2) is 11.1 Å². The zero-order valence-electron chi connectivity index (χ0n) is 7.81. The van der Waals surface area contributed by atoms with Crippen molar-refractivity contribution < 1.29 is 9.32 Å². The molecule has 0 saturated heterocycles. The normalized spacial score (nSPS) is 9.87. The Labute approximate surface area is 85.9 Å². The summed E-state index contributed by atoms with van der Waals surface area (Å²) in [6.07, 6.45) is 1.45. The Morgan fingerprint density at radius 3 is 2.93 bits per heavy atom. The average Bonchev–Trinajstić information content (AvgIpc) is 2.70. The summed E-state index contributed by atoms with van der Waals surface area (Å²) in [6.45, 7) is 0. The van der Waals surface area contributed by atoms with E-state index in [-0.39, 0.29) is 5.91 Å². The van der Waals surface area contributed by atoms with Gasteiger partial charge in [0.25, 0.3) is 5.91 Å². The molecule has 2 aromatic rings. The summed E-state index contributed by atoms with van der Waals surface area (Å²) in [4.78, 5) is 11.6. The standard InChI is InChI=1S/C10H9N3O2/c11-8-3-1-2-7(6-8)10(14)13-9-4-5-12-15-9/h1-6H,11H2,(H,13,14). The number of carbonyl (C=O) groups is 1. The number of carbonyl (C=O) groups excluding carboxylic acids is 1. The van der Waals surface area contributed by atoms with Crippen molar-refractivity contribution in [2.75, 3.05) is 11.1 Å². The zero-order chi connectivity index (χ0) is 10.7. The van der Waals surface area contributed by atoms with Crippen LogP contribution in [0.25, 0.3) is 0 Å². The van der Waals surface area contributed by atoms with E-state index in [9.17, 15) is 4.79 Å². The quantitative estimate of drug-likeness (QED) is 0.725. The first-order chi connectivity index (χ1) is 7.25. The minimum absolute atomic E-state index is 0.279. The van der Waals surface area contributed by atoms with Gasteiger partial charge in [-0.3, -0.25) is 10.1 Å². The topological polar surface area (TPSA) is 81.2 Å². The molecule has 2 rings (SSSR count). The van der Waals surface area contributed by atoms with Crippen LogP contribution in [-0.2, 0) is 0 Å². The fourth-order valence-electron chi connectivity index (χ4n) is 1.14. The lowest BCUT2D eigenvalue weighted by molar-refractivity contribution is 0.102. The molecular weight excluding hydrogens is 194 g/mol. The van der Waals surface area contributed by atoms with Crippen LogP contribution in [0.5, 0.6) is 0 Å². The summed E-state index contributed by atoms with van der Waals surface area (Å²) in [7, 11) is 0. The second-order valence-corrected chi connectivity index (χ2v) is 2.96. The summed E-state index contributed by atoms with van der Waals surface area (Å²) < 4.78 is 4.74. The van der Waals surface area contributed by atoms with Crippen LogP contribution in [0.4, 0.5) is 11.6 Å². The summed E-state index contributed by atoms with van der Waals surface area (Å²) in [6, 6.07) is 8.24. The van der Waals surface area contributed by atoms with Gasteiger partial charge in [-0.05, 0) is 18.2 Å². The minimum Gasteiger partial charge on any atom is -0.399 e. The number of hydrogen-bond donors (Lipinski definition) is 2. The first-order valence-electron chi connectivity index (χ1n) is 4.33. The van der Waals surface area contributed by atoms with Gasteiger partial charge in [-0.15, -0.1) is 0 Å². The number of aromatic nitrogens is 1. The molecule has 0 radical (unpaired) electrons. The van der Waals surface area contributed by atoms with Gasteiger partial charge in [0.05, 0.1) is 6.20 Å². The summed E-state index contributed by atoms with van der Waals surface area (Å²) in [5.74, 6) is 0.0291. The fraction of sp³-hybridized carbons (Fsp3) is 0. The summed E-state index contributed by atoms with van der Waals surface area (Å²) in [5, 5.41) is 6.01. The Hall–Kier alpha value is -2.30. The lowest BCUT2D eigenvalue weighted by atomic mass is 10.2. The number of nitrogens with two attached hydrogens (primary N) is 1. The zero-order valence-corrected chi connectivity index (χ0v) is 7.81. The molecule has 0 saturated carbocycles. The van der Waals surface area contributed by atoms with Crippen molar-refractivity contribution in [3.05, 3.63) is 42.1 Å². The largest absolute Gasteiger partial charge is 0.399 e. The van der Waals surface area contributed by atoms with Crippen LogP contribution >= 0.6 is 0 Å².